The number of anilines is 1. The van der Waals surface area contributed by atoms with Crippen LogP contribution in [-0.2, 0) is 4.79 Å². The van der Waals surface area contributed by atoms with Crippen LogP contribution in [0.15, 0.2) is 18.2 Å². The summed E-state index contributed by atoms with van der Waals surface area (Å²) in [5.41, 5.74) is 1.54. The zero-order valence-corrected chi connectivity index (χ0v) is 12.6. The number of carboxylic acids is 1. The van der Waals surface area contributed by atoms with Crippen molar-refractivity contribution in [1.29, 1.82) is 0 Å². The molecule has 0 spiro atoms. The number of carbonyl (C=O) groups is 2. The van der Waals surface area contributed by atoms with Gasteiger partial charge in [-0.3, -0.25) is 4.79 Å². The van der Waals surface area contributed by atoms with Crippen LogP contribution >= 0.6 is 0 Å². The highest BCUT2D eigenvalue weighted by molar-refractivity contribution is 5.90. The van der Waals surface area contributed by atoms with Crippen molar-refractivity contribution in [3.8, 4) is 5.75 Å². The Kier molecular flexibility index (Phi) is 6.52. The summed E-state index contributed by atoms with van der Waals surface area (Å²) in [7, 11) is 1.58. The molecule has 1 rings (SSSR count). The molecule has 0 saturated heterocycles. The fourth-order valence-corrected chi connectivity index (χ4v) is 2.03. The lowest BCUT2D eigenvalue weighted by Crippen LogP contribution is -2.39. The SMILES string of the molecule is CCCC(CC(=O)O)NC(=O)Nc1ccc(OC)cc1C. The van der Waals surface area contributed by atoms with Crippen molar-refractivity contribution >= 4 is 17.7 Å². The van der Waals surface area contributed by atoms with E-state index in [0.717, 1.165) is 12.0 Å². The van der Waals surface area contributed by atoms with Crippen LogP contribution in [0.4, 0.5) is 10.5 Å². The van der Waals surface area contributed by atoms with Gasteiger partial charge in [0.2, 0.25) is 0 Å². The normalized spacial score (nSPS) is 11.6. The van der Waals surface area contributed by atoms with E-state index in [0.29, 0.717) is 17.9 Å². The Morgan fingerprint density at radius 2 is 2.10 bits per heavy atom. The van der Waals surface area contributed by atoms with E-state index in [4.69, 9.17) is 9.84 Å². The zero-order chi connectivity index (χ0) is 15.8. The standard InChI is InChI=1S/C15H22N2O4/c1-4-5-11(9-14(18)19)16-15(20)17-13-7-6-12(21-3)8-10(13)2/h6-8,11H,4-5,9H2,1-3H3,(H,18,19)(H2,16,17,20). The molecule has 1 unspecified atom stereocenters. The molecule has 6 nitrogen and oxygen atoms in total. The number of aryl methyl sites for hydroxylation is 1. The number of ether oxygens (including phenoxy) is 1. The molecule has 0 aromatic heterocycles. The molecule has 6 heteroatoms. The first kappa shape index (κ1) is 16.8. The zero-order valence-electron chi connectivity index (χ0n) is 12.6. The number of rotatable bonds is 7. The van der Waals surface area contributed by atoms with Crippen LogP contribution in [0.1, 0.15) is 31.7 Å². The Hall–Kier alpha value is -2.24. The molecule has 0 saturated carbocycles. The molecule has 0 fully saturated rings. The second kappa shape index (κ2) is 8.14. The summed E-state index contributed by atoms with van der Waals surface area (Å²) in [6.45, 7) is 3.81. The molecule has 0 aliphatic heterocycles. The average Bonchev–Trinajstić information content (AvgIpc) is 2.40. The van der Waals surface area contributed by atoms with Gasteiger partial charge in [-0.15, -0.1) is 0 Å². The van der Waals surface area contributed by atoms with Gasteiger partial charge in [0.15, 0.2) is 0 Å². The second-order valence-electron chi connectivity index (χ2n) is 4.86. The van der Waals surface area contributed by atoms with Gasteiger partial charge in [-0.1, -0.05) is 13.3 Å². The van der Waals surface area contributed by atoms with Crippen LogP contribution in [0.2, 0.25) is 0 Å². The third-order valence-electron chi connectivity index (χ3n) is 3.08. The van der Waals surface area contributed by atoms with Crippen LogP contribution in [0, 0.1) is 6.92 Å². The topological polar surface area (TPSA) is 87.7 Å². The van der Waals surface area contributed by atoms with Crippen LogP contribution < -0.4 is 15.4 Å². The highest BCUT2D eigenvalue weighted by atomic mass is 16.5. The van der Waals surface area contributed by atoms with Gasteiger partial charge in [0.25, 0.3) is 0 Å². The number of hydrogen-bond acceptors (Lipinski definition) is 3. The fourth-order valence-electron chi connectivity index (χ4n) is 2.03. The van der Waals surface area contributed by atoms with Crippen LogP contribution in [0.25, 0.3) is 0 Å². The van der Waals surface area contributed by atoms with Crippen LogP contribution in [0.5, 0.6) is 5.75 Å². The Morgan fingerprint density at radius 1 is 1.38 bits per heavy atom. The van der Waals surface area contributed by atoms with Crippen molar-refractivity contribution in [2.24, 2.45) is 0 Å². The van der Waals surface area contributed by atoms with E-state index in [2.05, 4.69) is 10.6 Å². The fraction of sp³-hybridized carbons (Fsp3) is 0.467. The first-order chi connectivity index (χ1) is 9.96. The molecule has 21 heavy (non-hydrogen) atoms. The highest BCUT2D eigenvalue weighted by Gasteiger charge is 2.15. The van der Waals surface area contributed by atoms with Crippen molar-refractivity contribution < 1.29 is 19.4 Å². The lowest BCUT2D eigenvalue weighted by Gasteiger charge is -2.17. The number of aliphatic carboxylic acids is 1. The number of carboxylic acid groups (broad SMARTS) is 1. The summed E-state index contributed by atoms with van der Waals surface area (Å²) in [5.74, 6) is -0.206. The summed E-state index contributed by atoms with van der Waals surface area (Å²) in [4.78, 5) is 22.7. The lowest BCUT2D eigenvalue weighted by atomic mass is 10.1. The number of methoxy groups -OCH3 is 1. The van der Waals surface area contributed by atoms with E-state index in [-0.39, 0.29) is 12.5 Å². The quantitative estimate of drug-likeness (QED) is 0.721. The summed E-state index contributed by atoms with van der Waals surface area (Å²) in [6.07, 6.45) is 1.35. The first-order valence-electron chi connectivity index (χ1n) is 6.90. The Balaban J connectivity index is 2.65. The third-order valence-corrected chi connectivity index (χ3v) is 3.08. The molecule has 0 aliphatic rings. The van der Waals surface area contributed by atoms with E-state index in [1.165, 1.54) is 0 Å². The van der Waals surface area contributed by atoms with E-state index < -0.39 is 12.0 Å². The van der Waals surface area contributed by atoms with Crippen molar-refractivity contribution in [3.63, 3.8) is 0 Å². The van der Waals surface area contributed by atoms with Gasteiger partial charge in [-0.2, -0.15) is 0 Å². The molecule has 1 aromatic carbocycles. The van der Waals surface area contributed by atoms with Gasteiger partial charge in [-0.05, 0) is 37.1 Å². The predicted molar refractivity (Wildman–Crippen MR) is 80.8 cm³/mol. The second-order valence-corrected chi connectivity index (χ2v) is 4.86. The molecule has 1 aromatic rings. The smallest absolute Gasteiger partial charge is 0.319 e. The molecule has 0 heterocycles. The van der Waals surface area contributed by atoms with E-state index in [1.807, 2.05) is 19.9 Å². The van der Waals surface area contributed by atoms with Gasteiger partial charge in [0.1, 0.15) is 5.75 Å². The third kappa shape index (κ3) is 5.72. The molecule has 2 amide bonds. The molecule has 0 radical (unpaired) electrons. The summed E-state index contributed by atoms with van der Waals surface area (Å²) >= 11 is 0. The number of carbonyl (C=O) groups excluding carboxylic acids is 1. The van der Waals surface area contributed by atoms with Gasteiger partial charge in [0.05, 0.1) is 13.5 Å². The maximum Gasteiger partial charge on any atom is 0.319 e. The maximum absolute atomic E-state index is 11.9. The summed E-state index contributed by atoms with van der Waals surface area (Å²) < 4.78 is 5.10. The van der Waals surface area contributed by atoms with Crippen LogP contribution in [-0.4, -0.2) is 30.3 Å². The monoisotopic (exact) mass is 294 g/mol. The number of nitrogens with one attached hydrogen (secondary N) is 2. The molecule has 3 N–H and O–H groups in total. The van der Waals surface area contributed by atoms with Crippen molar-refractivity contribution in [2.75, 3.05) is 12.4 Å². The minimum Gasteiger partial charge on any atom is -0.497 e. The lowest BCUT2D eigenvalue weighted by molar-refractivity contribution is -0.137. The molecule has 0 bridgehead atoms. The van der Waals surface area contributed by atoms with Gasteiger partial charge in [-0.25, -0.2) is 4.79 Å². The number of urea groups is 1. The molecule has 0 aliphatic carbocycles. The first-order valence-corrected chi connectivity index (χ1v) is 6.90. The Bertz CT molecular complexity index is 502. The van der Waals surface area contributed by atoms with E-state index in [1.54, 1.807) is 19.2 Å². The Labute approximate surface area is 124 Å². The summed E-state index contributed by atoms with van der Waals surface area (Å²) in [5, 5.41) is 14.2. The minimum atomic E-state index is -0.922. The highest BCUT2D eigenvalue weighted by Crippen LogP contribution is 2.20. The molecular formula is C15H22N2O4. The van der Waals surface area contributed by atoms with E-state index in [9.17, 15) is 9.59 Å². The molecule has 116 valence electrons. The largest absolute Gasteiger partial charge is 0.497 e. The number of benzene rings is 1. The number of amides is 2. The van der Waals surface area contributed by atoms with E-state index >= 15 is 0 Å². The van der Waals surface area contributed by atoms with Crippen molar-refractivity contribution in [2.45, 2.75) is 39.2 Å². The van der Waals surface area contributed by atoms with Gasteiger partial charge in [0, 0.05) is 11.7 Å². The predicted octanol–water partition coefficient (Wildman–Crippen LogP) is 2.77. The van der Waals surface area contributed by atoms with Gasteiger partial charge >= 0.3 is 12.0 Å². The van der Waals surface area contributed by atoms with Crippen LogP contribution in [0.3, 0.4) is 0 Å². The van der Waals surface area contributed by atoms with Crippen molar-refractivity contribution in [1.82, 2.24) is 5.32 Å². The summed E-state index contributed by atoms with van der Waals surface area (Å²) in [6, 6.07) is 4.55. The Morgan fingerprint density at radius 3 is 2.62 bits per heavy atom. The maximum atomic E-state index is 11.9. The van der Waals surface area contributed by atoms with Gasteiger partial charge < -0.3 is 20.5 Å². The number of hydrogen-bond donors (Lipinski definition) is 3. The molecule has 1 atom stereocenters. The van der Waals surface area contributed by atoms with Crippen molar-refractivity contribution in [3.05, 3.63) is 23.8 Å². The average molecular weight is 294 g/mol. The minimum absolute atomic E-state index is 0.0805. The molecular weight excluding hydrogens is 272 g/mol.